The highest BCUT2D eigenvalue weighted by atomic mass is 16.1. The van der Waals surface area contributed by atoms with Crippen molar-refractivity contribution in [2.75, 3.05) is 0 Å². The molecule has 0 unspecified atom stereocenters. The molecule has 3 aromatic rings. The number of nitrogens with zero attached hydrogens (tertiary/aromatic N) is 1. The zero-order chi connectivity index (χ0) is 18.4. The van der Waals surface area contributed by atoms with Crippen molar-refractivity contribution in [2.45, 2.75) is 19.3 Å². The first-order chi connectivity index (χ1) is 13.3. The molecule has 0 aliphatic heterocycles. The fraction of sp³-hybridized carbons (Fsp3) is 0.120. The molecule has 0 fully saturated rings. The van der Waals surface area contributed by atoms with Gasteiger partial charge in [0, 0.05) is 22.8 Å². The molecule has 27 heavy (non-hydrogen) atoms. The predicted octanol–water partition coefficient (Wildman–Crippen LogP) is 6.07. The number of fused-ring (bicyclic) bond motifs is 4. The van der Waals surface area contributed by atoms with Crippen molar-refractivity contribution < 1.29 is 4.79 Å². The smallest absolute Gasteiger partial charge is 0.168 e. The van der Waals surface area contributed by atoms with E-state index in [1.54, 1.807) is 0 Å². The topological polar surface area (TPSA) is 40.9 Å². The third kappa shape index (κ3) is 2.36. The molecule has 2 nitrogen and oxygen atoms in total. The molecule has 2 aliphatic rings. The van der Waals surface area contributed by atoms with Crippen LogP contribution < -0.4 is 0 Å². The number of carbonyl (C=O) groups excluding carboxylic acids is 1. The normalized spacial score (nSPS) is 15.4. The highest BCUT2D eigenvalue weighted by Crippen LogP contribution is 2.43. The maximum Gasteiger partial charge on any atom is 0.168 e. The SMILES string of the molecule is N#Cc1ccc(-c2ccccc2)c2c3c(ccc12)C1=C(CCC=C1)CC3=O. The van der Waals surface area contributed by atoms with E-state index in [9.17, 15) is 10.1 Å². The summed E-state index contributed by atoms with van der Waals surface area (Å²) < 4.78 is 0. The Labute approximate surface area is 158 Å². The molecule has 0 amide bonds. The maximum atomic E-state index is 13.2. The van der Waals surface area contributed by atoms with Crippen LogP contribution in [0.25, 0.3) is 27.5 Å². The summed E-state index contributed by atoms with van der Waals surface area (Å²) in [4.78, 5) is 13.2. The number of ketones is 1. The molecule has 0 heterocycles. The number of carbonyl (C=O) groups is 1. The van der Waals surface area contributed by atoms with Crippen molar-refractivity contribution in [3.63, 3.8) is 0 Å². The van der Waals surface area contributed by atoms with E-state index in [0.717, 1.165) is 45.9 Å². The van der Waals surface area contributed by atoms with Gasteiger partial charge in [0.25, 0.3) is 0 Å². The number of rotatable bonds is 1. The third-order valence-corrected chi connectivity index (χ3v) is 5.61. The van der Waals surface area contributed by atoms with E-state index >= 15 is 0 Å². The summed E-state index contributed by atoms with van der Waals surface area (Å²) in [5.41, 5.74) is 6.90. The van der Waals surface area contributed by atoms with E-state index in [2.05, 4.69) is 30.4 Å². The van der Waals surface area contributed by atoms with Gasteiger partial charge in [-0.3, -0.25) is 4.79 Å². The number of Topliss-reactive ketones (excluding diaryl/α,β-unsaturated/α-hetero) is 1. The van der Waals surface area contributed by atoms with Crippen LogP contribution in [0, 0.1) is 11.3 Å². The fourth-order valence-corrected chi connectivity index (χ4v) is 4.37. The number of allylic oxidation sites excluding steroid dienone is 4. The van der Waals surface area contributed by atoms with Gasteiger partial charge < -0.3 is 0 Å². The highest BCUT2D eigenvalue weighted by Gasteiger charge is 2.28. The Morgan fingerprint density at radius 2 is 1.74 bits per heavy atom. The summed E-state index contributed by atoms with van der Waals surface area (Å²) in [5.74, 6) is 0.164. The molecule has 0 saturated heterocycles. The van der Waals surface area contributed by atoms with Crippen LogP contribution in [0.3, 0.4) is 0 Å². The van der Waals surface area contributed by atoms with E-state index in [1.165, 1.54) is 11.1 Å². The first-order valence-corrected chi connectivity index (χ1v) is 9.25. The highest BCUT2D eigenvalue weighted by molar-refractivity contribution is 6.20. The molecule has 2 heteroatoms. The Bertz CT molecular complexity index is 1210. The van der Waals surface area contributed by atoms with Crippen molar-refractivity contribution in [3.05, 3.63) is 89.0 Å². The largest absolute Gasteiger partial charge is 0.294 e. The molecule has 0 aromatic heterocycles. The second kappa shape index (κ2) is 6.07. The number of nitriles is 1. The fourth-order valence-electron chi connectivity index (χ4n) is 4.37. The van der Waals surface area contributed by atoms with E-state index in [-0.39, 0.29) is 5.78 Å². The lowest BCUT2D eigenvalue weighted by molar-refractivity contribution is 0.0992. The van der Waals surface area contributed by atoms with Gasteiger partial charge >= 0.3 is 0 Å². The zero-order valence-electron chi connectivity index (χ0n) is 14.8. The van der Waals surface area contributed by atoms with Gasteiger partial charge in [0.15, 0.2) is 5.78 Å². The Morgan fingerprint density at radius 1 is 0.926 bits per heavy atom. The van der Waals surface area contributed by atoms with Crippen LogP contribution in [-0.4, -0.2) is 5.78 Å². The summed E-state index contributed by atoms with van der Waals surface area (Å²) in [5, 5.41) is 11.4. The Balaban J connectivity index is 1.92. The molecule has 0 saturated carbocycles. The predicted molar refractivity (Wildman–Crippen MR) is 108 cm³/mol. The molecule has 0 atom stereocenters. The van der Waals surface area contributed by atoms with Gasteiger partial charge in [0.1, 0.15) is 0 Å². The van der Waals surface area contributed by atoms with Crippen molar-refractivity contribution in [2.24, 2.45) is 0 Å². The number of hydrogen-bond donors (Lipinski definition) is 0. The lowest BCUT2D eigenvalue weighted by atomic mass is 9.77. The lowest BCUT2D eigenvalue weighted by Crippen LogP contribution is -2.14. The monoisotopic (exact) mass is 347 g/mol. The van der Waals surface area contributed by atoms with E-state index in [0.29, 0.717) is 12.0 Å². The molecule has 0 spiro atoms. The van der Waals surface area contributed by atoms with Gasteiger partial charge in [-0.2, -0.15) is 5.26 Å². The van der Waals surface area contributed by atoms with Gasteiger partial charge in [-0.1, -0.05) is 66.3 Å². The average molecular weight is 347 g/mol. The summed E-state index contributed by atoms with van der Waals surface area (Å²) in [6, 6.07) is 20.2. The van der Waals surface area contributed by atoms with E-state index < -0.39 is 0 Å². The molecule has 0 bridgehead atoms. The van der Waals surface area contributed by atoms with Crippen LogP contribution in [0.2, 0.25) is 0 Å². The number of benzene rings is 3. The lowest BCUT2D eigenvalue weighted by Gasteiger charge is -2.25. The average Bonchev–Trinajstić information content (AvgIpc) is 2.73. The number of hydrogen-bond acceptors (Lipinski definition) is 2. The summed E-state index contributed by atoms with van der Waals surface area (Å²) in [7, 11) is 0. The maximum absolute atomic E-state index is 13.2. The third-order valence-electron chi connectivity index (χ3n) is 5.61. The molecular formula is C25H17NO. The Kier molecular flexibility index (Phi) is 3.55. The minimum absolute atomic E-state index is 0.164. The Morgan fingerprint density at radius 3 is 2.56 bits per heavy atom. The van der Waals surface area contributed by atoms with Gasteiger partial charge in [-0.15, -0.1) is 0 Å². The summed E-state index contributed by atoms with van der Waals surface area (Å²) in [6.07, 6.45) is 6.79. The van der Waals surface area contributed by atoms with Crippen LogP contribution in [0.15, 0.2) is 72.3 Å². The first-order valence-electron chi connectivity index (χ1n) is 9.25. The molecule has 0 radical (unpaired) electrons. The molecule has 5 rings (SSSR count). The van der Waals surface area contributed by atoms with E-state index in [4.69, 9.17) is 0 Å². The van der Waals surface area contributed by atoms with Crippen LogP contribution in [0.4, 0.5) is 0 Å². The Hall–Kier alpha value is -3.44. The standard InChI is InChI=1S/C25H17NO/c26-15-18-10-11-20(16-6-2-1-3-7-16)24-21(18)12-13-22-19-9-5-4-8-17(19)14-23(27)25(22)24/h1-3,5-7,9-13H,4,8,14H2. The van der Waals surface area contributed by atoms with Gasteiger partial charge in [-0.05, 0) is 41.2 Å². The van der Waals surface area contributed by atoms with Crippen LogP contribution in [-0.2, 0) is 0 Å². The summed E-state index contributed by atoms with van der Waals surface area (Å²) in [6.45, 7) is 0. The second-order valence-electron chi connectivity index (χ2n) is 7.11. The quantitative estimate of drug-likeness (QED) is 0.536. The van der Waals surface area contributed by atoms with Crippen molar-refractivity contribution in [1.82, 2.24) is 0 Å². The van der Waals surface area contributed by atoms with Crippen LogP contribution >= 0.6 is 0 Å². The van der Waals surface area contributed by atoms with Crippen molar-refractivity contribution >= 4 is 22.1 Å². The molecular weight excluding hydrogens is 330 g/mol. The minimum atomic E-state index is 0.164. The van der Waals surface area contributed by atoms with Crippen LogP contribution in [0.1, 0.15) is 40.7 Å². The molecule has 128 valence electrons. The van der Waals surface area contributed by atoms with Gasteiger partial charge in [0.05, 0.1) is 11.6 Å². The first kappa shape index (κ1) is 15.8. The van der Waals surface area contributed by atoms with Crippen LogP contribution in [0.5, 0.6) is 0 Å². The zero-order valence-corrected chi connectivity index (χ0v) is 14.8. The minimum Gasteiger partial charge on any atom is -0.294 e. The van der Waals surface area contributed by atoms with Crippen molar-refractivity contribution in [1.29, 1.82) is 5.26 Å². The molecule has 0 N–H and O–H groups in total. The second-order valence-corrected chi connectivity index (χ2v) is 7.11. The summed E-state index contributed by atoms with van der Waals surface area (Å²) >= 11 is 0. The molecule has 3 aromatic carbocycles. The van der Waals surface area contributed by atoms with Gasteiger partial charge in [0.2, 0.25) is 0 Å². The molecule has 2 aliphatic carbocycles. The van der Waals surface area contributed by atoms with Crippen molar-refractivity contribution in [3.8, 4) is 17.2 Å². The van der Waals surface area contributed by atoms with Gasteiger partial charge in [-0.25, -0.2) is 0 Å². The van der Waals surface area contributed by atoms with E-state index in [1.807, 2.05) is 42.5 Å².